The zero-order chi connectivity index (χ0) is 16.9. The molecule has 0 aliphatic heterocycles. The lowest BCUT2D eigenvalue weighted by Gasteiger charge is -2.44. The minimum atomic E-state index is -0.960. The van der Waals surface area contributed by atoms with Crippen LogP contribution in [0.15, 0.2) is 30.3 Å². The standard InChI is InChI=1S/C19H26O4/c1-2-3-11-16-15(17(20)21)10-7-12-19(16,18(22)23)13-14-8-5-4-6-9-14/h4-6,8-9,15-16H,2-3,7,10-13H2,1H3,(H,20,21)(H,22,23). The normalized spacial score (nSPS) is 27.5. The summed E-state index contributed by atoms with van der Waals surface area (Å²) < 4.78 is 0. The maximum absolute atomic E-state index is 12.2. The van der Waals surface area contributed by atoms with Crippen molar-refractivity contribution in [3.63, 3.8) is 0 Å². The van der Waals surface area contributed by atoms with Gasteiger partial charge in [0.15, 0.2) is 0 Å². The maximum Gasteiger partial charge on any atom is 0.310 e. The first-order chi connectivity index (χ1) is 11.0. The number of carboxylic acids is 2. The van der Waals surface area contributed by atoms with Gasteiger partial charge in [0.1, 0.15) is 0 Å². The Morgan fingerprint density at radius 3 is 2.48 bits per heavy atom. The van der Waals surface area contributed by atoms with E-state index in [9.17, 15) is 19.8 Å². The number of hydrogen-bond donors (Lipinski definition) is 2. The van der Waals surface area contributed by atoms with Crippen molar-refractivity contribution in [3.05, 3.63) is 35.9 Å². The SMILES string of the molecule is CCCCC1C(C(=O)O)CCCC1(Cc1ccccc1)C(=O)O. The molecule has 0 heterocycles. The molecular formula is C19H26O4. The number of benzene rings is 1. The Labute approximate surface area is 137 Å². The van der Waals surface area contributed by atoms with E-state index in [2.05, 4.69) is 6.92 Å². The third-order valence-electron chi connectivity index (χ3n) is 5.31. The van der Waals surface area contributed by atoms with E-state index in [1.54, 1.807) is 0 Å². The molecule has 0 amide bonds. The molecule has 126 valence electrons. The van der Waals surface area contributed by atoms with Gasteiger partial charge in [-0.1, -0.05) is 56.5 Å². The van der Waals surface area contributed by atoms with Gasteiger partial charge in [-0.25, -0.2) is 0 Å². The Balaban J connectivity index is 2.39. The molecular weight excluding hydrogens is 292 g/mol. The first kappa shape index (κ1) is 17.5. The van der Waals surface area contributed by atoms with E-state index in [-0.39, 0.29) is 5.92 Å². The second kappa shape index (κ2) is 7.62. The summed E-state index contributed by atoms with van der Waals surface area (Å²) in [5.41, 5.74) is 0.0140. The summed E-state index contributed by atoms with van der Waals surface area (Å²) >= 11 is 0. The first-order valence-corrected chi connectivity index (χ1v) is 8.51. The summed E-state index contributed by atoms with van der Waals surface area (Å²) in [6.45, 7) is 2.05. The molecule has 1 fully saturated rings. The fourth-order valence-corrected chi connectivity index (χ4v) is 4.13. The Morgan fingerprint density at radius 2 is 1.91 bits per heavy atom. The van der Waals surface area contributed by atoms with Gasteiger partial charge in [0.25, 0.3) is 0 Å². The summed E-state index contributed by atoms with van der Waals surface area (Å²) in [6, 6.07) is 9.59. The molecule has 0 bridgehead atoms. The lowest BCUT2D eigenvalue weighted by atomic mass is 9.58. The van der Waals surface area contributed by atoms with E-state index in [4.69, 9.17) is 0 Å². The number of aliphatic carboxylic acids is 2. The number of unbranched alkanes of at least 4 members (excludes halogenated alkanes) is 1. The molecule has 1 saturated carbocycles. The fraction of sp³-hybridized carbons (Fsp3) is 0.579. The van der Waals surface area contributed by atoms with Crippen molar-refractivity contribution in [3.8, 4) is 0 Å². The van der Waals surface area contributed by atoms with Gasteiger partial charge in [-0.15, -0.1) is 0 Å². The van der Waals surface area contributed by atoms with Crippen molar-refractivity contribution >= 4 is 11.9 Å². The molecule has 0 saturated heterocycles. The van der Waals surface area contributed by atoms with Crippen molar-refractivity contribution in [2.24, 2.45) is 17.3 Å². The zero-order valence-electron chi connectivity index (χ0n) is 13.7. The average Bonchev–Trinajstić information content (AvgIpc) is 2.54. The van der Waals surface area contributed by atoms with Crippen molar-refractivity contribution in [2.45, 2.75) is 51.9 Å². The predicted molar refractivity (Wildman–Crippen MR) is 88.2 cm³/mol. The van der Waals surface area contributed by atoms with Crippen molar-refractivity contribution in [1.82, 2.24) is 0 Å². The average molecular weight is 318 g/mol. The van der Waals surface area contributed by atoms with Gasteiger partial charge in [0.2, 0.25) is 0 Å². The van der Waals surface area contributed by atoms with Crippen LogP contribution in [0.5, 0.6) is 0 Å². The highest BCUT2D eigenvalue weighted by molar-refractivity contribution is 5.78. The molecule has 3 unspecified atom stereocenters. The molecule has 1 aromatic rings. The minimum absolute atomic E-state index is 0.300. The van der Waals surface area contributed by atoms with Crippen molar-refractivity contribution < 1.29 is 19.8 Å². The van der Waals surface area contributed by atoms with Crippen LogP contribution in [0, 0.1) is 17.3 Å². The zero-order valence-corrected chi connectivity index (χ0v) is 13.7. The van der Waals surface area contributed by atoms with Crippen LogP contribution in [0.1, 0.15) is 51.0 Å². The first-order valence-electron chi connectivity index (χ1n) is 8.51. The molecule has 23 heavy (non-hydrogen) atoms. The third-order valence-corrected chi connectivity index (χ3v) is 5.31. The Morgan fingerprint density at radius 1 is 1.22 bits per heavy atom. The van der Waals surface area contributed by atoms with Gasteiger partial charge in [-0.05, 0) is 37.2 Å². The van der Waals surface area contributed by atoms with Crippen molar-refractivity contribution in [2.75, 3.05) is 0 Å². The van der Waals surface area contributed by atoms with Crippen LogP contribution in [0.2, 0.25) is 0 Å². The fourth-order valence-electron chi connectivity index (χ4n) is 4.13. The van der Waals surface area contributed by atoms with Gasteiger partial charge in [-0.3, -0.25) is 9.59 Å². The Kier molecular flexibility index (Phi) is 5.80. The molecule has 3 atom stereocenters. The largest absolute Gasteiger partial charge is 0.481 e. The number of hydrogen-bond acceptors (Lipinski definition) is 2. The lowest BCUT2D eigenvalue weighted by Crippen LogP contribution is -2.48. The van der Waals surface area contributed by atoms with Gasteiger partial charge in [0, 0.05) is 0 Å². The van der Waals surface area contributed by atoms with E-state index in [1.165, 1.54) is 0 Å². The molecule has 0 radical (unpaired) electrons. The highest BCUT2D eigenvalue weighted by atomic mass is 16.4. The second-order valence-corrected chi connectivity index (χ2v) is 6.71. The highest BCUT2D eigenvalue weighted by Crippen LogP contribution is 2.49. The summed E-state index contributed by atoms with van der Waals surface area (Å²) in [7, 11) is 0. The smallest absolute Gasteiger partial charge is 0.310 e. The second-order valence-electron chi connectivity index (χ2n) is 6.71. The predicted octanol–water partition coefficient (Wildman–Crippen LogP) is 3.99. The minimum Gasteiger partial charge on any atom is -0.481 e. The molecule has 4 nitrogen and oxygen atoms in total. The van der Waals surface area contributed by atoms with Crippen LogP contribution in [0.4, 0.5) is 0 Å². The van der Waals surface area contributed by atoms with Gasteiger partial charge in [0.05, 0.1) is 11.3 Å². The van der Waals surface area contributed by atoms with E-state index in [1.807, 2.05) is 30.3 Å². The van der Waals surface area contributed by atoms with E-state index in [0.29, 0.717) is 32.1 Å². The van der Waals surface area contributed by atoms with Crippen LogP contribution in [-0.4, -0.2) is 22.2 Å². The molecule has 1 aliphatic rings. The summed E-state index contributed by atoms with van der Waals surface area (Å²) in [4.78, 5) is 23.9. The summed E-state index contributed by atoms with van der Waals surface area (Å²) in [5.74, 6) is -2.53. The molecule has 1 aromatic carbocycles. The van der Waals surface area contributed by atoms with Crippen LogP contribution in [0.3, 0.4) is 0 Å². The van der Waals surface area contributed by atoms with E-state index < -0.39 is 23.3 Å². The Hall–Kier alpha value is -1.84. The van der Waals surface area contributed by atoms with Crippen LogP contribution in [0.25, 0.3) is 0 Å². The molecule has 2 rings (SSSR count). The highest BCUT2D eigenvalue weighted by Gasteiger charge is 2.52. The van der Waals surface area contributed by atoms with Gasteiger partial charge >= 0.3 is 11.9 Å². The van der Waals surface area contributed by atoms with Crippen molar-refractivity contribution in [1.29, 1.82) is 0 Å². The molecule has 0 aromatic heterocycles. The third kappa shape index (κ3) is 3.74. The number of rotatable bonds is 7. The van der Waals surface area contributed by atoms with E-state index >= 15 is 0 Å². The van der Waals surface area contributed by atoms with Gasteiger partial charge in [-0.2, -0.15) is 0 Å². The molecule has 0 spiro atoms. The molecule has 1 aliphatic carbocycles. The molecule has 4 heteroatoms. The summed E-state index contributed by atoms with van der Waals surface area (Å²) in [5, 5.41) is 19.6. The van der Waals surface area contributed by atoms with Gasteiger partial charge < -0.3 is 10.2 Å². The van der Waals surface area contributed by atoms with Crippen LogP contribution < -0.4 is 0 Å². The number of carbonyl (C=O) groups is 2. The maximum atomic E-state index is 12.2. The number of carboxylic acid groups (broad SMARTS) is 2. The van der Waals surface area contributed by atoms with E-state index in [0.717, 1.165) is 18.4 Å². The topological polar surface area (TPSA) is 74.6 Å². The monoisotopic (exact) mass is 318 g/mol. The summed E-state index contributed by atoms with van der Waals surface area (Å²) in [6.07, 6.45) is 4.73. The van der Waals surface area contributed by atoms with Crippen LogP contribution in [-0.2, 0) is 16.0 Å². The van der Waals surface area contributed by atoms with Crippen LogP contribution >= 0.6 is 0 Å². The molecule has 2 N–H and O–H groups in total. The Bertz CT molecular complexity index is 540. The lowest BCUT2D eigenvalue weighted by molar-refractivity contribution is -0.163. The quantitative estimate of drug-likeness (QED) is 0.797.